The van der Waals surface area contributed by atoms with Crippen LogP contribution in [0.1, 0.15) is 55.1 Å². The summed E-state index contributed by atoms with van der Waals surface area (Å²) in [6, 6.07) is 2.43. The number of thiophene rings is 1. The average Bonchev–Trinajstić information content (AvgIpc) is 2.78. The zero-order valence-corrected chi connectivity index (χ0v) is 12.3. The lowest BCUT2D eigenvalue weighted by atomic mass is 9.96. The fourth-order valence-electron chi connectivity index (χ4n) is 2.42. The van der Waals surface area contributed by atoms with Gasteiger partial charge in [-0.05, 0) is 25.3 Å². The first-order valence-corrected chi connectivity index (χ1v) is 7.96. The third-order valence-corrected chi connectivity index (χ3v) is 4.53. The van der Waals surface area contributed by atoms with Crippen LogP contribution in [0.15, 0.2) is 6.07 Å². The molecule has 4 N–H and O–H groups in total. The van der Waals surface area contributed by atoms with Gasteiger partial charge < -0.3 is 16.4 Å². The molecular formula is C14H23N3OS. The van der Waals surface area contributed by atoms with E-state index in [4.69, 9.17) is 5.73 Å². The molecule has 1 aliphatic rings. The van der Waals surface area contributed by atoms with Gasteiger partial charge in [0.2, 0.25) is 0 Å². The smallest absolute Gasteiger partial charge is 0.263 e. The van der Waals surface area contributed by atoms with E-state index in [1.54, 1.807) is 0 Å². The van der Waals surface area contributed by atoms with E-state index in [1.165, 1.54) is 43.4 Å². The summed E-state index contributed by atoms with van der Waals surface area (Å²) in [6.07, 6.45) is 7.30. The molecule has 2 rings (SSSR count). The summed E-state index contributed by atoms with van der Waals surface area (Å²) in [7, 11) is 0. The highest BCUT2D eigenvalue weighted by Gasteiger charge is 2.17. The Balaban J connectivity index is 1.97. The van der Waals surface area contributed by atoms with E-state index in [0.717, 1.165) is 11.4 Å². The first-order valence-electron chi connectivity index (χ1n) is 7.14. The number of amides is 1. The minimum Gasteiger partial charge on any atom is -0.397 e. The van der Waals surface area contributed by atoms with Gasteiger partial charge in [0.05, 0.1) is 10.7 Å². The van der Waals surface area contributed by atoms with Crippen molar-refractivity contribution in [1.82, 2.24) is 5.32 Å². The van der Waals surface area contributed by atoms with Gasteiger partial charge >= 0.3 is 0 Å². The molecule has 19 heavy (non-hydrogen) atoms. The SMILES string of the molecule is CCCNC(=O)c1sc(NC2CCCCC2)cc1N. The molecule has 1 aromatic heterocycles. The van der Waals surface area contributed by atoms with E-state index < -0.39 is 0 Å². The maximum absolute atomic E-state index is 11.9. The Kier molecular flexibility index (Phi) is 5.07. The van der Waals surface area contributed by atoms with E-state index in [-0.39, 0.29) is 5.91 Å². The van der Waals surface area contributed by atoms with Gasteiger partial charge in [-0.25, -0.2) is 0 Å². The van der Waals surface area contributed by atoms with Crippen LogP contribution >= 0.6 is 11.3 Å². The number of rotatable bonds is 5. The monoisotopic (exact) mass is 281 g/mol. The zero-order chi connectivity index (χ0) is 13.7. The maximum Gasteiger partial charge on any atom is 0.263 e. The van der Waals surface area contributed by atoms with Crippen LogP contribution < -0.4 is 16.4 Å². The molecule has 1 aromatic rings. The molecular weight excluding hydrogens is 258 g/mol. The predicted molar refractivity (Wildman–Crippen MR) is 81.9 cm³/mol. The minimum atomic E-state index is -0.0546. The zero-order valence-electron chi connectivity index (χ0n) is 11.5. The lowest BCUT2D eigenvalue weighted by Crippen LogP contribution is -2.23. The largest absolute Gasteiger partial charge is 0.397 e. The quantitative estimate of drug-likeness (QED) is 0.776. The number of nitrogens with two attached hydrogens (primary N) is 1. The summed E-state index contributed by atoms with van der Waals surface area (Å²) >= 11 is 1.46. The second-order valence-corrected chi connectivity index (χ2v) is 6.18. The van der Waals surface area contributed by atoms with Crippen molar-refractivity contribution in [2.24, 2.45) is 0 Å². The van der Waals surface area contributed by atoms with E-state index in [0.29, 0.717) is 23.2 Å². The Hall–Kier alpha value is -1.23. The second kappa shape index (κ2) is 6.80. The van der Waals surface area contributed by atoms with Gasteiger partial charge in [0.1, 0.15) is 4.88 Å². The number of nitrogen functional groups attached to an aromatic ring is 1. The van der Waals surface area contributed by atoms with E-state index in [2.05, 4.69) is 10.6 Å². The third kappa shape index (κ3) is 3.86. The molecule has 1 amide bonds. The highest BCUT2D eigenvalue weighted by Crippen LogP contribution is 2.31. The minimum absolute atomic E-state index is 0.0546. The Morgan fingerprint density at radius 1 is 1.42 bits per heavy atom. The van der Waals surface area contributed by atoms with Crippen molar-refractivity contribution >= 4 is 27.9 Å². The van der Waals surface area contributed by atoms with Gasteiger partial charge in [-0.1, -0.05) is 26.2 Å². The number of carbonyl (C=O) groups excluding carboxylic acids is 1. The number of anilines is 2. The maximum atomic E-state index is 11.9. The molecule has 1 saturated carbocycles. The van der Waals surface area contributed by atoms with Gasteiger partial charge in [0.25, 0.3) is 5.91 Å². The molecule has 1 heterocycles. The van der Waals surface area contributed by atoms with Crippen LogP contribution in [0.4, 0.5) is 10.7 Å². The summed E-state index contributed by atoms with van der Waals surface area (Å²) in [6.45, 7) is 2.73. The number of hydrogen-bond donors (Lipinski definition) is 3. The highest BCUT2D eigenvalue weighted by atomic mass is 32.1. The lowest BCUT2D eigenvalue weighted by Gasteiger charge is -2.22. The van der Waals surface area contributed by atoms with Crippen molar-refractivity contribution in [1.29, 1.82) is 0 Å². The Morgan fingerprint density at radius 3 is 2.84 bits per heavy atom. The molecule has 0 atom stereocenters. The van der Waals surface area contributed by atoms with Crippen molar-refractivity contribution in [3.63, 3.8) is 0 Å². The standard InChI is InChI=1S/C14H23N3OS/c1-2-8-16-14(18)13-11(15)9-12(19-13)17-10-6-4-3-5-7-10/h9-10,17H,2-8,15H2,1H3,(H,16,18). The van der Waals surface area contributed by atoms with Gasteiger partial charge in [-0.2, -0.15) is 0 Å². The van der Waals surface area contributed by atoms with E-state index in [1.807, 2.05) is 13.0 Å². The molecule has 1 fully saturated rings. The molecule has 0 unspecified atom stereocenters. The molecule has 5 heteroatoms. The highest BCUT2D eigenvalue weighted by molar-refractivity contribution is 7.18. The van der Waals surface area contributed by atoms with Crippen molar-refractivity contribution < 1.29 is 4.79 Å². The Bertz CT molecular complexity index is 424. The number of nitrogens with one attached hydrogen (secondary N) is 2. The third-order valence-electron chi connectivity index (χ3n) is 3.45. The summed E-state index contributed by atoms with van der Waals surface area (Å²) in [4.78, 5) is 12.6. The lowest BCUT2D eigenvalue weighted by molar-refractivity contribution is 0.0958. The molecule has 0 spiro atoms. The van der Waals surface area contributed by atoms with Crippen molar-refractivity contribution in [2.45, 2.75) is 51.5 Å². The average molecular weight is 281 g/mol. The van der Waals surface area contributed by atoms with Crippen LogP contribution in [0, 0.1) is 0 Å². The first kappa shape index (κ1) is 14.2. The summed E-state index contributed by atoms with van der Waals surface area (Å²) < 4.78 is 0. The van der Waals surface area contributed by atoms with Crippen molar-refractivity contribution in [3.8, 4) is 0 Å². The van der Waals surface area contributed by atoms with Gasteiger partial charge in [-0.3, -0.25) is 4.79 Å². The fraction of sp³-hybridized carbons (Fsp3) is 0.643. The molecule has 0 radical (unpaired) electrons. The number of carbonyl (C=O) groups is 1. The summed E-state index contributed by atoms with van der Waals surface area (Å²) in [5.41, 5.74) is 6.51. The molecule has 1 aliphatic carbocycles. The van der Waals surface area contributed by atoms with Crippen molar-refractivity contribution in [3.05, 3.63) is 10.9 Å². The Labute approximate surface area is 118 Å². The van der Waals surface area contributed by atoms with E-state index in [9.17, 15) is 4.79 Å². The Morgan fingerprint density at radius 2 is 2.16 bits per heavy atom. The van der Waals surface area contributed by atoms with Crippen LogP contribution in [-0.2, 0) is 0 Å². The molecule has 4 nitrogen and oxygen atoms in total. The topological polar surface area (TPSA) is 67.2 Å². The van der Waals surface area contributed by atoms with Gasteiger partial charge in [0, 0.05) is 12.6 Å². The van der Waals surface area contributed by atoms with Crippen molar-refractivity contribution in [2.75, 3.05) is 17.6 Å². The normalized spacial score (nSPS) is 16.3. The van der Waals surface area contributed by atoms with Crippen LogP contribution in [0.2, 0.25) is 0 Å². The van der Waals surface area contributed by atoms with Gasteiger partial charge in [0.15, 0.2) is 0 Å². The summed E-state index contributed by atoms with van der Waals surface area (Å²) in [5.74, 6) is -0.0546. The van der Waals surface area contributed by atoms with Crippen LogP contribution in [0.25, 0.3) is 0 Å². The molecule has 0 aliphatic heterocycles. The number of hydrogen-bond acceptors (Lipinski definition) is 4. The summed E-state index contributed by atoms with van der Waals surface area (Å²) in [5, 5.41) is 7.40. The van der Waals surface area contributed by atoms with Crippen LogP contribution in [0.3, 0.4) is 0 Å². The van der Waals surface area contributed by atoms with Crippen LogP contribution in [0.5, 0.6) is 0 Å². The van der Waals surface area contributed by atoms with Crippen LogP contribution in [-0.4, -0.2) is 18.5 Å². The molecule has 0 saturated heterocycles. The molecule has 0 bridgehead atoms. The van der Waals surface area contributed by atoms with Gasteiger partial charge in [-0.15, -0.1) is 11.3 Å². The predicted octanol–water partition coefficient (Wildman–Crippen LogP) is 3.21. The second-order valence-electron chi connectivity index (χ2n) is 5.13. The van der Waals surface area contributed by atoms with E-state index >= 15 is 0 Å². The molecule has 0 aromatic carbocycles. The first-order chi connectivity index (χ1) is 9.20. The fourth-order valence-corrected chi connectivity index (χ4v) is 3.39. The molecule has 106 valence electrons.